The first-order chi connectivity index (χ1) is 9.81. The smallest absolute Gasteiger partial charge is 0.338 e. The summed E-state index contributed by atoms with van der Waals surface area (Å²) in [6.45, 7) is 3.03. The zero-order valence-electron chi connectivity index (χ0n) is 11.4. The number of aromatic carboxylic acids is 1. The second-order valence-corrected chi connectivity index (χ2v) is 4.70. The van der Waals surface area contributed by atoms with Crippen molar-refractivity contribution in [3.8, 4) is 0 Å². The van der Waals surface area contributed by atoms with Gasteiger partial charge in [-0.15, -0.1) is 0 Å². The number of carboxylic acids is 1. The van der Waals surface area contributed by atoms with Crippen molar-refractivity contribution >= 4 is 5.97 Å². The Morgan fingerprint density at radius 1 is 1.29 bits per heavy atom. The van der Waals surface area contributed by atoms with E-state index in [9.17, 15) is 18.8 Å². The van der Waals surface area contributed by atoms with Gasteiger partial charge in [0.15, 0.2) is 0 Å². The van der Waals surface area contributed by atoms with Crippen molar-refractivity contribution in [1.29, 1.82) is 0 Å². The normalized spacial score (nSPS) is 10.6. The predicted molar refractivity (Wildman–Crippen MR) is 73.3 cm³/mol. The summed E-state index contributed by atoms with van der Waals surface area (Å²) >= 11 is 0. The second kappa shape index (κ2) is 5.35. The Morgan fingerprint density at radius 2 is 1.95 bits per heavy atom. The molecule has 0 aliphatic carbocycles. The van der Waals surface area contributed by atoms with E-state index >= 15 is 0 Å². The molecule has 1 aromatic carbocycles. The Kier molecular flexibility index (Phi) is 3.75. The standard InChI is InChI=1S/C14H13FN2O4/c1-7-8(2)13(19)17(16-12(7)18)6-9-3-4-10(14(20)21)11(15)5-9/h3-5H,6H2,1-2H3,(H,16,18)(H,20,21). The molecule has 2 rings (SSSR count). The topological polar surface area (TPSA) is 92.2 Å². The molecule has 0 saturated carbocycles. The van der Waals surface area contributed by atoms with Crippen molar-refractivity contribution in [2.45, 2.75) is 20.4 Å². The van der Waals surface area contributed by atoms with Gasteiger partial charge in [-0.2, -0.15) is 0 Å². The molecule has 0 spiro atoms. The Hall–Kier alpha value is -2.70. The van der Waals surface area contributed by atoms with E-state index in [1.807, 2.05) is 0 Å². The fourth-order valence-electron chi connectivity index (χ4n) is 1.91. The molecule has 2 N–H and O–H groups in total. The van der Waals surface area contributed by atoms with Crippen molar-refractivity contribution in [3.05, 3.63) is 67.0 Å². The SMILES string of the molecule is Cc1c(C)c(=O)n(Cc2ccc(C(=O)O)c(F)c2)[nH]c1=O. The molecule has 0 bridgehead atoms. The molecule has 0 amide bonds. The Balaban J connectivity index is 2.44. The van der Waals surface area contributed by atoms with Gasteiger partial charge < -0.3 is 5.11 Å². The van der Waals surface area contributed by atoms with Gasteiger partial charge in [0.25, 0.3) is 11.1 Å². The molecule has 0 aliphatic heterocycles. The van der Waals surface area contributed by atoms with Gasteiger partial charge in [0.1, 0.15) is 5.82 Å². The van der Waals surface area contributed by atoms with E-state index < -0.39 is 22.9 Å². The lowest BCUT2D eigenvalue weighted by Crippen LogP contribution is -2.33. The Morgan fingerprint density at radius 3 is 2.52 bits per heavy atom. The van der Waals surface area contributed by atoms with Crippen molar-refractivity contribution in [2.75, 3.05) is 0 Å². The summed E-state index contributed by atoms with van der Waals surface area (Å²) in [6, 6.07) is 3.55. The molecule has 0 saturated heterocycles. The number of halogens is 1. The summed E-state index contributed by atoms with van der Waals surface area (Å²) < 4.78 is 14.7. The Labute approximate surface area is 118 Å². The summed E-state index contributed by atoms with van der Waals surface area (Å²) in [6.07, 6.45) is 0. The third kappa shape index (κ3) is 2.76. The van der Waals surface area contributed by atoms with Crippen LogP contribution in [0.5, 0.6) is 0 Å². The van der Waals surface area contributed by atoms with Crippen LogP contribution in [0.3, 0.4) is 0 Å². The van der Waals surface area contributed by atoms with Gasteiger partial charge >= 0.3 is 5.97 Å². The molecular formula is C14H13FN2O4. The van der Waals surface area contributed by atoms with E-state index in [1.54, 1.807) is 6.92 Å². The first-order valence-corrected chi connectivity index (χ1v) is 6.13. The minimum absolute atomic E-state index is 0.0496. The average Bonchev–Trinajstić information content (AvgIpc) is 2.42. The third-order valence-electron chi connectivity index (χ3n) is 3.31. The highest BCUT2D eigenvalue weighted by molar-refractivity contribution is 5.87. The number of benzene rings is 1. The second-order valence-electron chi connectivity index (χ2n) is 4.70. The summed E-state index contributed by atoms with van der Waals surface area (Å²) in [4.78, 5) is 34.4. The molecule has 1 heterocycles. The molecule has 0 atom stereocenters. The van der Waals surface area contributed by atoms with Crippen LogP contribution in [0.4, 0.5) is 4.39 Å². The van der Waals surface area contributed by atoms with Gasteiger partial charge in [0.2, 0.25) is 0 Å². The molecule has 0 radical (unpaired) electrons. The summed E-state index contributed by atoms with van der Waals surface area (Å²) in [5.74, 6) is -2.25. The van der Waals surface area contributed by atoms with Gasteiger partial charge in [-0.05, 0) is 31.5 Å². The number of aromatic nitrogens is 2. The fraction of sp³-hybridized carbons (Fsp3) is 0.214. The van der Waals surface area contributed by atoms with Gasteiger partial charge in [0, 0.05) is 11.1 Å². The largest absolute Gasteiger partial charge is 0.478 e. The third-order valence-corrected chi connectivity index (χ3v) is 3.31. The van der Waals surface area contributed by atoms with Crippen LogP contribution in [0, 0.1) is 19.7 Å². The number of rotatable bonds is 3. The first kappa shape index (κ1) is 14.7. The highest BCUT2D eigenvalue weighted by atomic mass is 19.1. The van der Waals surface area contributed by atoms with E-state index in [2.05, 4.69) is 5.10 Å². The van der Waals surface area contributed by atoms with Crippen molar-refractivity contribution in [3.63, 3.8) is 0 Å². The minimum Gasteiger partial charge on any atom is -0.478 e. The molecular weight excluding hydrogens is 279 g/mol. The molecule has 6 nitrogen and oxygen atoms in total. The number of nitrogens with one attached hydrogen (secondary N) is 1. The Bertz CT molecular complexity index is 836. The lowest BCUT2D eigenvalue weighted by atomic mass is 10.1. The molecule has 0 aliphatic rings. The van der Waals surface area contributed by atoms with Crippen LogP contribution >= 0.6 is 0 Å². The highest BCUT2D eigenvalue weighted by Gasteiger charge is 2.12. The van der Waals surface area contributed by atoms with Crippen LogP contribution < -0.4 is 11.1 Å². The molecule has 1 aromatic heterocycles. The molecule has 0 unspecified atom stereocenters. The van der Waals surface area contributed by atoms with E-state index in [0.29, 0.717) is 16.7 Å². The van der Waals surface area contributed by atoms with Gasteiger partial charge in [-0.3, -0.25) is 14.7 Å². The number of carbonyl (C=O) groups is 1. The van der Waals surface area contributed by atoms with Crippen molar-refractivity contribution < 1.29 is 14.3 Å². The van der Waals surface area contributed by atoms with Gasteiger partial charge in [0.05, 0.1) is 12.1 Å². The van der Waals surface area contributed by atoms with Crippen molar-refractivity contribution in [1.82, 2.24) is 9.78 Å². The predicted octanol–water partition coefficient (Wildman–Crippen LogP) is 1.04. The van der Waals surface area contributed by atoms with E-state index in [4.69, 9.17) is 5.11 Å². The maximum absolute atomic E-state index is 13.6. The van der Waals surface area contributed by atoms with E-state index in [1.165, 1.54) is 13.0 Å². The van der Waals surface area contributed by atoms with Gasteiger partial charge in [-0.1, -0.05) is 6.07 Å². The van der Waals surface area contributed by atoms with Crippen molar-refractivity contribution in [2.24, 2.45) is 0 Å². The number of H-pyrrole nitrogens is 1. The number of hydrogen-bond acceptors (Lipinski definition) is 3. The lowest BCUT2D eigenvalue weighted by Gasteiger charge is -2.09. The lowest BCUT2D eigenvalue weighted by molar-refractivity contribution is 0.0692. The number of aromatic amines is 1. The van der Waals surface area contributed by atoms with Crippen LogP contribution in [0.1, 0.15) is 27.0 Å². The van der Waals surface area contributed by atoms with E-state index in [-0.39, 0.29) is 12.1 Å². The quantitative estimate of drug-likeness (QED) is 0.884. The molecule has 21 heavy (non-hydrogen) atoms. The maximum Gasteiger partial charge on any atom is 0.338 e. The summed E-state index contributed by atoms with van der Waals surface area (Å²) in [5, 5.41) is 11.2. The zero-order valence-corrected chi connectivity index (χ0v) is 11.4. The van der Waals surface area contributed by atoms with Crippen LogP contribution in [-0.2, 0) is 6.54 Å². The van der Waals surface area contributed by atoms with E-state index in [0.717, 1.165) is 16.8 Å². The van der Waals surface area contributed by atoms with Crippen LogP contribution in [0.2, 0.25) is 0 Å². The number of hydrogen-bond donors (Lipinski definition) is 2. The first-order valence-electron chi connectivity index (χ1n) is 6.13. The molecule has 110 valence electrons. The number of carboxylic acid groups (broad SMARTS) is 1. The molecule has 2 aromatic rings. The average molecular weight is 292 g/mol. The molecule has 7 heteroatoms. The fourth-order valence-corrected chi connectivity index (χ4v) is 1.91. The minimum atomic E-state index is -1.36. The maximum atomic E-state index is 13.6. The molecule has 0 fully saturated rings. The van der Waals surface area contributed by atoms with Crippen LogP contribution in [-0.4, -0.2) is 20.9 Å². The summed E-state index contributed by atoms with van der Waals surface area (Å²) in [5.41, 5.74) is -0.187. The highest BCUT2D eigenvalue weighted by Crippen LogP contribution is 2.11. The summed E-state index contributed by atoms with van der Waals surface area (Å²) in [7, 11) is 0. The monoisotopic (exact) mass is 292 g/mol. The van der Waals surface area contributed by atoms with Crippen LogP contribution in [0.25, 0.3) is 0 Å². The zero-order chi connectivity index (χ0) is 15.7. The van der Waals surface area contributed by atoms with Gasteiger partial charge in [-0.25, -0.2) is 13.9 Å². The van der Waals surface area contributed by atoms with Crippen LogP contribution in [0.15, 0.2) is 27.8 Å². The number of nitrogens with zero attached hydrogens (tertiary/aromatic N) is 1.